The monoisotopic (exact) mass is 277 g/mol. The standard InChI is InChI=1S/C18H19N3/c1-11-6-9-16-15(10-11)20-18(21(16)13-7-8-13)14-5-3-4-12(2)17(14)19/h3-6,9-10,13H,7-8,19H2,1-2H3. The van der Waals surface area contributed by atoms with Gasteiger partial charge in [0, 0.05) is 17.3 Å². The van der Waals surface area contributed by atoms with Crippen molar-refractivity contribution in [2.75, 3.05) is 5.73 Å². The molecule has 21 heavy (non-hydrogen) atoms. The molecular weight excluding hydrogens is 258 g/mol. The summed E-state index contributed by atoms with van der Waals surface area (Å²) in [6.45, 7) is 4.16. The first-order valence-electron chi connectivity index (χ1n) is 7.49. The summed E-state index contributed by atoms with van der Waals surface area (Å²) >= 11 is 0. The Morgan fingerprint density at radius 2 is 1.95 bits per heavy atom. The third kappa shape index (κ3) is 1.92. The molecule has 0 unspecified atom stereocenters. The van der Waals surface area contributed by atoms with Gasteiger partial charge in [0.15, 0.2) is 0 Å². The van der Waals surface area contributed by atoms with Crippen molar-refractivity contribution in [2.24, 2.45) is 0 Å². The zero-order chi connectivity index (χ0) is 14.6. The minimum atomic E-state index is 0.576. The number of aryl methyl sites for hydroxylation is 2. The lowest BCUT2D eigenvalue weighted by molar-refractivity contribution is 0.775. The Balaban J connectivity index is 2.03. The SMILES string of the molecule is Cc1ccc2c(c1)nc(-c1cccc(C)c1N)n2C1CC1. The number of aromatic nitrogens is 2. The number of hydrogen-bond acceptors (Lipinski definition) is 2. The number of hydrogen-bond donors (Lipinski definition) is 1. The molecule has 0 amide bonds. The highest BCUT2D eigenvalue weighted by Crippen LogP contribution is 2.42. The lowest BCUT2D eigenvalue weighted by Crippen LogP contribution is -2.01. The molecule has 2 aromatic carbocycles. The minimum absolute atomic E-state index is 0.576. The smallest absolute Gasteiger partial charge is 0.143 e. The summed E-state index contributed by atoms with van der Waals surface area (Å²) in [6.07, 6.45) is 2.47. The molecule has 0 radical (unpaired) electrons. The Kier molecular flexibility index (Phi) is 2.58. The summed E-state index contributed by atoms with van der Waals surface area (Å²) in [6, 6.07) is 13.3. The topological polar surface area (TPSA) is 43.8 Å². The van der Waals surface area contributed by atoms with Crippen molar-refractivity contribution in [2.45, 2.75) is 32.7 Å². The van der Waals surface area contributed by atoms with Crippen LogP contribution in [0.25, 0.3) is 22.4 Å². The number of nitrogens with zero attached hydrogens (tertiary/aromatic N) is 2. The van der Waals surface area contributed by atoms with E-state index in [0.717, 1.165) is 28.2 Å². The molecule has 1 fully saturated rings. The van der Waals surface area contributed by atoms with E-state index in [1.165, 1.54) is 23.9 Å². The fourth-order valence-electron chi connectivity index (χ4n) is 2.98. The van der Waals surface area contributed by atoms with Crippen molar-refractivity contribution < 1.29 is 0 Å². The van der Waals surface area contributed by atoms with Crippen LogP contribution in [0.3, 0.4) is 0 Å². The van der Waals surface area contributed by atoms with Crippen molar-refractivity contribution in [3.8, 4) is 11.4 Å². The summed E-state index contributed by atoms with van der Waals surface area (Å²) in [5.41, 5.74) is 12.8. The molecule has 0 saturated heterocycles. The Bertz CT molecular complexity index is 841. The number of nitrogens with two attached hydrogens (primary N) is 1. The van der Waals surface area contributed by atoms with Gasteiger partial charge in [0.25, 0.3) is 0 Å². The van der Waals surface area contributed by atoms with Crippen molar-refractivity contribution >= 4 is 16.7 Å². The molecular formula is C18H19N3. The number of para-hydroxylation sites is 1. The first-order valence-corrected chi connectivity index (χ1v) is 7.49. The molecule has 1 saturated carbocycles. The molecule has 3 heteroatoms. The molecule has 1 aliphatic rings. The fourth-order valence-corrected chi connectivity index (χ4v) is 2.98. The van der Waals surface area contributed by atoms with E-state index in [1.54, 1.807) is 0 Å². The Labute approximate surface area is 124 Å². The lowest BCUT2D eigenvalue weighted by Gasteiger charge is -2.11. The molecule has 1 aromatic heterocycles. The van der Waals surface area contributed by atoms with Crippen molar-refractivity contribution in [1.29, 1.82) is 0 Å². The van der Waals surface area contributed by atoms with E-state index in [9.17, 15) is 0 Å². The largest absolute Gasteiger partial charge is 0.398 e. The molecule has 0 aliphatic heterocycles. The maximum Gasteiger partial charge on any atom is 0.143 e. The van der Waals surface area contributed by atoms with Gasteiger partial charge in [0.2, 0.25) is 0 Å². The average Bonchev–Trinajstić information content (AvgIpc) is 3.23. The van der Waals surface area contributed by atoms with Crippen LogP contribution >= 0.6 is 0 Å². The number of anilines is 1. The van der Waals surface area contributed by atoms with E-state index in [4.69, 9.17) is 10.7 Å². The van der Waals surface area contributed by atoms with Gasteiger partial charge in [-0.2, -0.15) is 0 Å². The number of fused-ring (bicyclic) bond motifs is 1. The number of benzene rings is 2. The molecule has 3 aromatic rings. The lowest BCUT2D eigenvalue weighted by atomic mass is 10.1. The van der Waals surface area contributed by atoms with Gasteiger partial charge in [0.1, 0.15) is 5.82 Å². The van der Waals surface area contributed by atoms with Crippen LogP contribution in [0.2, 0.25) is 0 Å². The van der Waals surface area contributed by atoms with Crippen LogP contribution in [0.15, 0.2) is 36.4 Å². The van der Waals surface area contributed by atoms with E-state index < -0.39 is 0 Å². The summed E-state index contributed by atoms with van der Waals surface area (Å²) in [5, 5.41) is 0. The summed E-state index contributed by atoms with van der Waals surface area (Å²) in [5.74, 6) is 1.01. The minimum Gasteiger partial charge on any atom is -0.398 e. The molecule has 2 N–H and O–H groups in total. The van der Waals surface area contributed by atoms with E-state index in [2.05, 4.69) is 41.8 Å². The second kappa shape index (κ2) is 4.35. The van der Waals surface area contributed by atoms with Crippen molar-refractivity contribution in [3.05, 3.63) is 47.5 Å². The van der Waals surface area contributed by atoms with Gasteiger partial charge in [-0.25, -0.2) is 4.98 Å². The van der Waals surface area contributed by atoms with Gasteiger partial charge in [-0.3, -0.25) is 0 Å². The molecule has 106 valence electrons. The van der Waals surface area contributed by atoms with E-state index >= 15 is 0 Å². The maximum absolute atomic E-state index is 6.30. The number of imidazole rings is 1. The van der Waals surface area contributed by atoms with Crippen LogP contribution in [0.1, 0.15) is 30.0 Å². The van der Waals surface area contributed by atoms with Gasteiger partial charge in [-0.15, -0.1) is 0 Å². The Hall–Kier alpha value is -2.29. The third-order valence-corrected chi connectivity index (χ3v) is 4.32. The highest BCUT2D eigenvalue weighted by Gasteiger charge is 2.29. The predicted molar refractivity (Wildman–Crippen MR) is 87.3 cm³/mol. The molecule has 3 nitrogen and oxygen atoms in total. The third-order valence-electron chi connectivity index (χ3n) is 4.32. The van der Waals surface area contributed by atoms with Gasteiger partial charge in [0.05, 0.1) is 11.0 Å². The van der Waals surface area contributed by atoms with Crippen LogP contribution in [0, 0.1) is 13.8 Å². The molecule has 0 spiro atoms. The second-order valence-corrected chi connectivity index (χ2v) is 6.06. The number of rotatable bonds is 2. The molecule has 0 atom stereocenters. The van der Waals surface area contributed by atoms with Crippen LogP contribution in [0.4, 0.5) is 5.69 Å². The van der Waals surface area contributed by atoms with E-state index in [1.807, 2.05) is 13.0 Å². The van der Waals surface area contributed by atoms with Gasteiger partial charge in [-0.1, -0.05) is 18.2 Å². The fraction of sp³-hybridized carbons (Fsp3) is 0.278. The molecule has 4 rings (SSSR count). The Morgan fingerprint density at radius 1 is 1.14 bits per heavy atom. The normalized spacial score (nSPS) is 14.8. The van der Waals surface area contributed by atoms with Crippen LogP contribution in [-0.2, 0) is 0 Å². The molecule has 1 heterocycles. The first kappa shape index (κ1) is 12.5. The van der Waals surface area contributed by atoms with Gasteiger partial charge < -0.3 is 10.3 Å². The summed E-state index contributed by atoms with van der Waals surface area (Å²) in [4.78, 5) is 4.89. The van der Waals surface area contributed by atoms with Crippen molar-refractivity contribution in [1.82, 2.24) is 9.55 Å². The summed E-state index contributed by atoms with van der Waals surface area (Å²) in [7, 11) is 0. The maximum atomic E-state index is 6.30. The summed E-state index contributed by atoms with van der Waals surface area (Å²) < 4.78 is 2.37. The van der Waals surface area contributed by atoms with Gasteiger partial charge >= 0.3 is 0 Å². The molecule has 1 aliphatic carbocycles. The quantitative estimate of drug-likeness (QED) is 0.712. The average molecular weight is 277 g/mol. The number of nitrogen functional groups attached to an aromatic ring is 1. The van der Waals surface area contributed by atoms with Crippen LogP contribution in [0.5, 0.6) is 0 Å². The predicted octanol–water partition coefficient (Wildman–Crippen LogP) is 4.24. The van der Waals surface area contributed by atoms with Crippen molar-refractivity contribution in [3.63, 3.8) is 0 Å². The molecule has 0 bridgehead atoms. The zero-order valence-corrected chi connectivity index (χ0v) is 12.4. The van der Waals surface area contributed by atoms with E-state index in [-0.39, 0.29) is 0 Å². The second-order valence-electron chi connectivity index (χ2n) is 6.06. The Morgan fingerprint density at radius 3 is 2.71 bits per heavy atom. The van der Waals surface area contributed by atoms with Gasteiger partial charge in [-0.05, 0) is 56.0 Å². The highest BCUT2D eigenvalue weighted by atomic mass is 15.1. The first-order chi connectivity index (χ1) is 10.1. The van der Waals surface area contributed by atoms with Crippen LogP contribution < -0.4 is 5.73 Å². The zero-order valence-electron chi connectivity index (χ0n) is 12.4. The highest BCUT2D eigenvalue weighted by molar-refractivity contribution is 5.85. The van der Waals surface area contributed by atoms with Crippen LogP contribution in [-0.4, -0.2) is 9.55 Å². The van der Waals surface area contributed by atoms with E-state index in [0.29, 0.717) is 6.04 Å².